The van der Waals surface area contributed by atoms with E-state index >= 15 is 0 Å². The minimum atomic E-state index is -0.206. The van der Waals surface area contributed by atoms with Gasteiger partial charge in [0.25, 0.3) is 0 Å². The molecule has 6 N–H and O–H groups in total. The van der Waals surface area contributed by atoms with Gasteiger partial charge in [0.05, 0.1) is 11.4 Å². The summed E-state index contributed by atoms with van der Waals surface area (Å²) in [5.41, 5.74) is 12.1. The number of aromatic nitrogens is 2. The van der Waals surface area contributed by atoms with E-state index in [4.69, 9.17) is 45.5 Å². The van der Waals surface area contributed by atoms with Crippen LogP contribution in [-0.4, -0.2) is 21.6 Å². The Hall–Kier alpha value is -2.18. The number of halogens is 2. The fourth-order valence-corrected chi connectivity index (χ4v) is 1.95. The van der Waals surface area contributed by atoms with Gasteiger partial charge in [0.2, 0.25) is 0 Å². The first-order chi connectivity index (χ1) is 9.36. The van der Waals surface area contributed by atoms with Crippen molar-refractivity contribution in [3.63, 3.8) is 0 Å². The first-order valence-electron chi connectivity index (χ1n) is 5.41. The molecule has 0 atom stereocenters. The van der Waals surface area contributed by atoms with Crippen LogP contribution in [0.25, 0.3) is 11.4 Å². The fraction of sp³-hybridized carbons (Fsp3) is 0. The van der Waals surface area contributed by atoms with Crippen molar-refractivity contribution in [1.82, 2.24) is 9.97 Å². The van der Waals surface area contributed by atoms with Crippen molar-refractivity contribution < 1.29 is 0 Å². The van der Waals surface area contributed by atoms with E-state index in [9.17, 15) is 0 Å². The molecule has 0 aliphatic rings. The summed E-state index contributed by atoms with van der Waals surface area (Å²) in [5.74, 6) is -0.412. The molecule has 102 valence electrons. The summed E-state index contributed by atoms with van der Waals surface area (Å²) in [6.07, 6.45) is 0. The molecule has 2 rings (SSSR count). The number of rotatable bonds is 3. The smallest absolute Gasteiger partial charge is 0.141 e. The van der Waals surface area contributed by atoms with E-state index < -0.39 is 0 Å². The largest absolute Gasteiger partial charge is 0.382 e. The van der Waals surface area contributed by atoms with Crippen molar-refractivity contribution in [3.8, 4) is 11.4 Å². The molecular formula is C12H10Cl2N6. The summed E-state index contributed by atoms with van der Waals surface area (Å²) in [4.78, 5) is 8.36. The van der Waals surface area contributed by atoms with E-state index in [1.54, 1.807) is 12.1 Å². The second kappa shape index (κ2) is 5.44. The summed E-state index contributed by atoms with van der Waals surface area (Å²) >= 11 is 11.9. The molecule has 2 heterocycles. The highest BCUT2D eigenvalue weighted by Gasteiger charge is 2.10. The van der Waals surface area contributed by atoms with Crippen LogP contribution in [0.4, 0.5) is 0 Å². The van der Waals surface area contributed by atoms with Gasteiger partial charge >= 0.3 is 0 Å². The molecule has 8 heteroatoms. The van der Waals surface area contributed by atoms with Crippen LogP contribution in [0, 0.1) is 10.8 Å². The van der Waals surface area contributed by atoms with Gasteiger partial charge in [-0.2, -0.15) is 0 Å². The molecule has 2 aromatic rings. The number of hydrogen-bond acceptors (Lipinski definition) is 4. The van der Waals surface area contributed by atoms with Gasteiger partial charge in [-0.25, -0.2) is 9.97 Å². The number of nitrogen functional groups attached to an aromatic ring is 2. The van der Waals surface area contributed by atoms with E-state index in [2.05, 4.69) is 9.97 Å². The number of nitrogens with two attached hydrogens (primary N) is 2. The molecule has 6 nitrogen and oxygen atoms in total. The minimum Gasteiger partial charge on any atom is -0.382 e. The number of amidine groups is 2. The van der Waals surface area contributed by atoms with E-state index in [1.807, 2.05) is 0 Å². The molecule has 0 amide bonds. The molecule has 0 aliphatic carbocycles. The Kier molecular flexibility index (Phi) is 3.87. The van der Waals surface area contributed by atoms with Crippen molar-refractivity contribution in [2.45, 2.75) is 0 Å². The summed E-state index contributed by atoms with van der Waals surface area (Å²) in [6.45, 7) is 0. The first-order valence-corrected chi connectivity index (χ1v) is 6.17. The maximum atomic E-state index is 7.40. The zero-order valence-corrected chi connectivity index (χ0v) is 11.6. The predicted octanol–water partition coefficient (Wildman–Crippen LogP) is 2.02. The quantitative estimate of drug-likeness (QED) is 0.511. The van der Waals surface area contributed by atoms with Crippen LogP contribution in [0.5, 0.6) is 0 Å². The molecule has 0 spiro atoms. The molecule has 0 bridgehead atoms. The highest BCUT2D eigenvalue weighted by atomic mass is 35.5. The SMILES string of the molecule is N=C(N)c1cc(Cl)cc(-c2cc(Cl)cc(C(=N)N)n2)n1. The molecular weight excluding hydrogens is 299 g/mol. The van der Waals surface area contributed by atoms with Crippen molar-refractivity contribution in [3.05, 3.63) is 45.7 Å². The summed E-state index contributed by atoms with van der Waals surface area (Å²) in [6, 6.07) is 6.08. The molecule has 0 saturated heterocycles. The van der Waals surface area contributed by atoms with E-state index in [0.717, 1.165) is 0 Å². The zero-order valence-electron chi connectivity index (χ0n) is 10.1. The van der Waals surface area contributed by atoms with Crippen molar-refractivity contribution in [2.24, 2.45) is 11.5 Å². The van der Waals surface area contributed by atoms with Crippen molar-refractivity contribution in [2.75, 3.05) is 0 Å². The standard InChI is InChI=1S/C12H10Cl2N6/c13-5-1-7(19-9(3-5)11(15)16)8-2-6(14)4-10(20-8)12(17)18/h1-4H,(H3,15,16)(H3,17,18). The van der Waals surface area contributed by atoms with Crippen molar-refractivity contribution in [1.29, 1.82) is 10.8 Å². The average molecular weight is 309 g/mol. The van der Waals surface area contributed by atoms with Crippen LogP contribution >= 0.6 is 23.2 Å². The summed E-state index contributed by atoms with van der Waals surface area (Å²) in [7, 11) is 0. The average Bonchev–Trinajstić information content (AvgIpc) is 2.37. The van der Waals surface area contributed by atoms with Crippen LogP contribution < -0.4 is 11.5 Å². The van der Waals surface area contributed by atoms with E-state index in [0.29, 0.717) is 21.4 Å². The maximum absolute atomic E-state index is 7.40. The zero-order chi connectivity index (χ0) is 14.9. The summed E-state index contributed by atoms with van der Waals surface area (Å²) in [5, 5.41) is 15.5. The highest BCUT2D eigenvalue weighted by molar-refractivity contribution is 6.31. The van der Waals surface area contributed by atoms with E-state index in [-0.39, 0.29) is 23.1 Å². The molecule has 0 aromatic carbocycles. The monoisotopic (exact) mass is 308 g/mol. The predicted molar refractivity (Wildman–Crippen MR) is 79.5 cm³/mol. The lowest BCUT2D eigenvalue weighted by molar-refractivity contribution is 1.20. The second-order valence-corrected chi connectivity index (χ2v) is 4.81. The molecule has 0 fully saturated rings. The first kappa shape index (κ1) is 14.2. The molecule has 0 saturated carbocycles. The molecule has 0 unspecified atom stereocenters. The normalized spacial score (nSPS) is 10.3. The third-order valence-corrected chi connectivity index (χ3v) is 2.83. The number of pyridine rings is 2. The number of nitrogens with zero attached hydrogens (tertiary/aromatic N) is 2. The molecule has 0 radical (unpaired) electrons. The Labute approximate surface area is 124 Å². The Bertz CT molecular complexity index is 652. The Morgan fingerprint density at radius 3 is 1.45 bits per heavy atom. The van der Waals surface area contributed by atoms with Crippen LogP contribution in [0.15, 0.2) is 24.3 Å². The van der Waals surface area contributed by atoms with Gasteiger partial charge in [-0.3, -0.25) is 10.8 Å². The fourth-order valence-electron chi connectivity index (χ4n) is 1.53. The Morgan fingerprint density at radius 2 is 1.15 bits per heavy atom. The topological polar surface area (TPSA) is 126 Å². The van der Waals surface area contributed by atoms with Gasteiger partial charge in [0.1, 0.15) is 23.1 Å². The lowest BCUT2D eigenvalue weighted by Crippen LogP contribution is -2.15. The Morgan fingerprint density at radius 1 is 0.800 bits per heavy atom. The van der Waals surface area contributed by atoms with Gasteiger partial charge in [-0.05, 0) is 24.3 Å². The van der Waals surface area contributed by atoms with Crippen LogP contribution in [0.3, 0.4) is 0 Å². The number of nitrogens with one attached hydrogen (secondary N) is 2. The molecule has 2 aromatic heterocycles. The van der Waals surface area contributed by atoms with Gasteiger partial charge in [-0.15, -0.1) is 0 Å². The Balaban J connectivity index is 2.62. The summed E-state index contributed by atoms with van der Waals surface area (Å²) < 4.78 is 0. The third kappa shape index (κ3) is 3.04. The number of hydrogen-bond donors (Lipinski definition) is 4. The maximum Gasteiger partial charge on any atom is 0.141 e. The third-order valence-electron chi connectivity index (χ3n) is 2.39. The minimum absolute atomic E-state index is 0.206. The van der Waals surface area contributed by atoms with E-state index in [1.165, 1.54) is 12.1 Å². The highest BCUT2D eigenvalue weighted by Crippen LogP contribution is 2.23. The lowest BCUT2D eigenvalue weighted by atomic mass is 10.2. The molecule has 20 heavy (non-hydrogen) atoms. The van der Waals surface area contributed by atoms with Gasteiger partial charge < -0.3 is 11.5 Å². The lowest BCUT2D eigenvalue weighted by Gasteiger charge is -2.07. The van der Waals surface area contributed by atoms with Gasteiger partial charge in [0, 0.05) is 10.0 Å². The molecule has 0 aliphatic heterocycles. The van der Waals surface area contributed by atoms with Crippen LogP contribution in [0.1, 0.15) is 11.4 Å². The van der Waals surface area contributed by atoms with Crippen LogP contribution in [0.2, 0.25) is 10.0 Å². The second-order valence-electron chi connectivity index (χ2n) is 3.94. The van der Waals surface area contributed by atoms with Crippen molar-refractivity contribution >= 4 is 34.9 Å². The van der Waals surface area contributed by atoms with Gasteiger partial charge in [0.15, 0.2) is 0 Å². The van der Waals surface area contributed by atoms with Crippen LogP contribution in [-0.2, 0) is 0 Å². The van der Waals surface area contributed by atoms with Gasteiger partial charge in [-0.1, -0.05) is 23.2 Å².